The summed E-state index contributed by atoms with van der Waals surface area (Å²) in [5, 5.41) is 2.29. The van der Waals surface area contributed by atoms with E-state index in [2.05, 4.69) is 121 Å². The maximum Gasteiger partial charge on any atom is 0.164 e. The smallest absolute Gasteiger partial charge is 0.164 e. The van der Waals surface area contributed by atoms with E-state index >= 15 is 0 Å². The molecule has 0 atom stereocenters. The lowest BCUT2D eigenvalue weighted by molar-refractivity contribution is 1.07. The molecule has 0 fully saturated rings. The van der Waals surface area contributed by atoms with E-state index in [1.54, 1.807) is 11.3 Å². The van der Waals surface area contributed by atoms with Gasteiger partial charge in [0.1, 0.15) is 4.83 Å². The fourth-order valence-electron chi connectivity index (χ4n) is 7.05. The highest BCUT2D eigenvalue weighted by atomic mass is 32.1. The highest BCUT2D eigenvalue weighted by Gasteiger charge is 2.17. The van der Waals surface area contributed by atoms with Crippen LogP contribution in [0.25, 0.3) is 99.4 Å². The largest absolute Gasteiger partial charge is 0.227 e. The average Bonchev–Trinajstić information content (AvgIpc) is 3.66. The third-order valence-electron chi connectivity index (χ3n) is 9.76. The first-order valence-corrected chi connectivity index (χ1v) is 19.0. The van der Waals surface area contributed by atoms with Gasteiger partial charge in [-0.25, -0.2) is 24.9 Å². The number of hydrogen-bond acceptors (Lipinski definition) is 6. The van der Waals surface area contributed by atoms with Crippen molar-refractivity contribution in [2.45, 2.75) is 0 Å². The highest BCUT2D eigenvalue weighted by Crippen LogP contribution is 2.40. The summed E-state index contributed by atoms with van der Waals surface area (Å²) >= 11 is 1.71. The first-order chi connectivity index (χ1) is 27.2. The number of benzene rings is 7. The molecule has 7 aromatic carbocycles. The Balaban J connectivity index is 1.03. The molecule has 0 saturated heterocycles. The Bertz CT molecular complexity index is 2920. The lowest BCUT2D eigenvalue weighted by atomic mass is 9.97. The van der Waals surface area contributed by atoms with Crippen LogP contribution in [0.2, 0.25) is 0 Å². The molecule has 0 bridgehead atoms. The molecule has 0 unspecified atom stereocenters. The lowest BCUT2D eigenvalue weighted by Crippen LogP contribution is -2.00. The molecule has 5 nitrogen and oxygen atoms in total. The Morgan fingerprint density at radius 2 is 0.673 bits per heavy atom. The fourth-order valence-corrected chi connectivity index (χ4v) is 8.12. The summed E-state index contributed by atoms with van der Waals surface area (Å²) < 4.78 is 1.21. The van der Waals surface area contributed by atoms with E-state index < -0.39 is 0 Å². The summed E-state index contributed by atoms with van der Waals surface area (Å²) in [6, 6.07) is 64.7. The van der Waals surface area contributed by atoms with Crippen LogP contribution in [0.5, 0.6) is 0 Å². The van der Waals surface area contributed by atoms with Gasteiger partial charge in [0.15, 0.2) is 23.3 Å². The number of rotatable bonds is 7. The van der Waals surface area contributed by atoms with Crippen molar-refractivity contribution < 1.29 is 0 Å². The molecule has 6 heteroatoms. The summed E-state index contributed by atoms with van der Waals surface area (Å²) in [5.74, 6) is 2.63. The van der Waals surface area contributed by atoms with Gasteiger partial charge in [0.25, 0.3) is 0 Å². The molecule has 0 spiro atoms. The highest BCUT2D eigenvalue weighted by molar-refractivity contribution is 7.25. The van der Waals surface area contributed by atoms with E-state index in [1.807, 2.05) is 66.7 Å². The molecule has 258 valence electrons. The van der Waals surface area contributed by atoms with Crippen LogP contribution in [0.15, 0.2) is 188 Å². The van der Waals surface area contributed by atoms with Crippen LogP contribution in [0.4, 0.5) is 0 Å². The molecule has 0 N–H and O–H groups in total. The summed E-state index contributed by atoms with van der Waals surface area (Å²) in [4.78, 5) is 26.2. The Morgan fingerprint density at radius 1 is 0.291 bits per heavy atom. The Hall–Kier alpha value is -7.15. The number of thiophene rings is 1. The second-order valence-electron chi connectivity index (χ2n) is 13.3. The van der Waals surface area contributed by atoms with Crippen molar-refractivity contribution >= 4 is 31.6 Å². The zero-order valence-electron chi connectivity index (χ0n) is 29.5. The first kappa shape index (κ1) is 32.5. The molecule has 3 aromatic heterocycles. The first-order valence-electron chi connectivity index (χ1n) is 18.2. The minimum atomic E-state index is 0.629. The van der Waals surface area contributed by atoms with E-state index in [4.69, 9.17) is 24.9 Å². The van der Waals surface area contributed by atoms with Crippen LogP contribution in [0, 0.1) is 0 Å². The Labute approximate surface area is 322 Å². The molecule has 0 radical (unpaired) electrons. The van der Waals surface area contributed by atoms with Crippen molar-refractivity contribution in [2.24, 2.45) is 0 Å². The zero-order valence-corrected chi connectivity index (χ0v) is 30.4. The monoisotopic (exact) mass is 721 g/mol. The van der Waals surface area contributed by atoms with Gasteiger partial charge in [-0.05, 0) is 46.5 Å². The molecule has 0 saturated carbocycles. The van der Waals surface area contributed by atoms with Gasteiger partial charge in [-0.15, -0.1) is 11.3 Å². The maximum absolute atomic E-state index is 5.23. The maximum atomic E-state index is 5.23. The van der Waals surface area contributed by atoms with Crippen molar-refractivity contribution in [3.63, 3.8) is 0 Å². The normalized spacial score (nSPS) is 11.3. The molecule has 0 aliphatic rings. The minimum Gasteiger partial charge on any atom is -0.227 e. The summed E-state index contributed by atoms with van der Waals surface area (Å²) in [6.07, 6.45) is 0. The number of hydrogen-bond donors (Lipinski definition) is 0. The van der Waals surface area contributed by atoms with E-state index in [0.29, 0.717) is 23.3 Å². The number of nitrogens with zero attached hydrogens (tertiary/aromatic N) is 5. The third-order valence-corrected chi connectivity index (χ3v) is 10.8. The average molecular weight is 722 g/mol. The molecule has 0 aliphatic carbocycles. The molecule has 10 rings (SSSR count). The van der Waals surface area contributed by atoms with Crippen molar-refractivity contribution in [1.29, 1.82) is 0 Å². The summed E-state index contributed by atoms with van der Waals surface area (Å²) in [5.41, 5.74) is 10.2. The van der Waals surface area contributed by atoms with Crippen LogP contribution >= 0.6 is 11.3 Å². The van der Waals surface area contributed by atoms with Crippen LogP contribution in [0.1, 0.15) is 0 Å². The minimum absolute atomic E-state index is 0.629. The van der Waals surface area contributed by atoms with Crippen molar-refractivity contribution in [3.8, 4) is 79.1 Å². The number of fused-ring (bicyclic) bond motifs is 3. The Kier molecular flexibility index (Phi) is 8.28. The molecular weight excluding hydrogens is 691 g/mol. The quantitative estimate of drug-likeness (QED) is 0.164. The van der Waals surface area contributed by atoms with Gasteiger partial charge in [-0.3, -0.25) is 0 Å². The van der Waals surface area contributed by atoms with Crippen molar-refractivity contribution in [2.75, 3.05) is 0 Å². The SMILES string of the molecule is c1ccc(-c2nc(-c3ccccc3)nc(-c3cccc(-c4cccc(-c5cccc(-c6nc(-c7ccccc7)c7c(n6)sc6ccccc67)c5)c4)c3)n2)cc1. The topological polar surface area (TPSA) is 64.5 Å². The molecule has 55 heavy (non-hydrogen) atoms. The molecule has 0 amide bonds. The fraction of sp³-hybridized carbons (Fsp3) is 0. The van der Waals surface area contributed by atoms with Gasteiger partial charge < -0.3 is 0 Å². The van der Waals surface area contributed by atoms with Crippen LogP contribution in [0.3, 0.4) is 0 Å². The molecule has 0 aliphatic heterocycles. The predicted octanol–water partition coefficient (Wildman–Crippen LogP) is 12.7. The second kappa shape index (κ2) is 14.0. The van der Waals surface area contributed by atoms with Crippen molar-refractivity contribution in [1.82, 2.24) is 24.9 Å². The van der Waals surface area contributed by atoms with E-state index in [1.165, 1.54) is 10.1 Å². The van der Waals surface area contributed by atoms with E-state index in [-0.39, 0.29) is 0 Å². The number of aromatic nitrogens is 5. The summed E-state index contributed by atoms with van der Waals surface area (Å²) in [7, 11) is 0. The molecule has 10 aromatic rings. The van der Waals surface area contributed by atoms with Gasteiger partial charge >= 0.3 is 0 Å². The second-order valence-corrected chi connectivity index (χ2v) is 14.4. The molecule has 3 heterocycles. The van der Waals surface area contributed by atoms with Crippen molar-refractivity contribution in [3.05, 3.63) is 188 Å². The third kappa shape index (κ3) is 6.35. The van der Waals surface area contributed by atoms with E-state index in [9.17, 15) is 0 Å². The Morgan fingerprint density at radius 3 is 1.20 bits per heavy atom. The van der Waals surface area contributed by atoms with Gasteiger partial charge in [-0.2, -0.15) is 0 Å². The van der Waals surface area contributed by atoms with Crippen LogP contribution in [-0.2, 0) is 0 Å². The standard InChI is InChI=1S/C49H31N5S/c1-4-15-32(16-5-1)44-43-41-27-10-11-28-42(41)55-49(43)54-47(50-44)39-25-13-23-37(30-39)35-21-12-22-36(29-35)38-24-14-26-40(31-38)48-52-45(33-17-6-2-7-18-33)51-46(53-48)34-19-8-3-9-20-34/h1-31H. The molecular formula is C49H31N5S. The van der Waals surface area contributed by atoms with Crippen LogP contribution in [-0.4, -0.2) is 24.9 Å². The van der Waals surface area contributed by atoms with E-state index in [0.717, 1.165) is 66.0 Å². The lowest BCUT2D eigenvalue weighted by Gasteiger charge is -2.11. The zero-order chi connectivity index (χ0) is 36.6. The van der Waals surface area contributed by atoms with Gasteiger partial charge in [0.2, 0.25) is 0 Å². The van der Waals surface area contributed by atoms with Gasteiger partial charge in [0.05, 0.1) is 5.69 Å². The predicted molar refractivity (Wildman–Crippen MR) is 226 cm³/mol. The van der Waals surface area contributed by atoms with Gasteiger partial charge in [-0.1, -0.05) is 164 Å². The van der Waals surface area contributed by atoms with Crippen LogP contribution < -0.4 is 0 Å². The van der Waals surface area contributed by atoms with Gasteiger partial charge in [0, 0.05) is 43.3 Å². The summed E-state index contributed by atoms with van der Waals surface area (Å²) in [6.45, 7) is 0.